The summed E-state index contributed by atoms with van der Waals surface area (Å²) in [5, 5.41) is 2.25. The lowest BCUT2D eigenvalue weighted by Crippen LogP contribution is -2.23. The maximum absolute atomic E-state index is 11.8. The van der Waals surface area contributed by atoms with Crippen molar-refractivity contribution in [3.63, 3.8) is 0 Å². The molecule has 116 valence electrons. The van der Waals surface area contributed by atoms with Crippen LogP contribution in [-0.4, -0.2) is 36.2 Å². The van der Waals surface area contributed by atoms with E-state index in [0.717, 1.165) is 5.57 Å². The van der Waals surface area contributed by atoms with Crippen molar-refractivity contribution in [3.05, 3.63) is 28.7 Å². The molecule has 0 amide bonds. The molecule has 2 aromatic rings. The van der Waals surface area contributed by atoms with E-state index in [1.54, 1.807) is 13.0 Å². The first-order valence-electron chi connectivity index (χ1n) is 6.74. The summed E-state index contributed by atoms with van der Waals surface area (Å²) in [6.45, 7) is 2.55. The van der Waals surface area contributed by atoms with Crippen LogP contribution in [0.2, 0.25) is 5.02 Å². The summed E-state index contributed by atoms with van der Waals surface area (Å²) in [6, 6.07) is 1.61. The van der Waals surface area contributed by atoms with Crippen LogP contribution in [0.1, 0.15) is 23.2 Å². The standard InChI is InChI=1S/C14H15ClN4O3/c1-3-21-14(20)13-10(16)12-9(22-13)4-8(15)11(18-12)7-5-17-19(2)6-7/h4,6,17H,3,5,16H2,1-2H3. The number of nitrogen functional groups attached to an aromatic ring is 1. The van der Waals surface area contributed by atoms with Crippen LogP contribution >= 0.6 is 11.6 Å². The first-order valence-corrected chi connectivity index (χ1v) is 7.12. The molecule has 0 atom stereocenters. The molecule has 2 aromatic heterocycles. The zero-order valence-corrected chi connectivity index (χ0v) is 12.9. The van der Waals surface area contributed by atoms with Crippen LogP contribution in [0, 0.1) is 0 Å². The van der Waals surface area contributed by atoms with E-state index in [0.29, 0.717) is 28.4 Å². The summed E-state index contributed by atoms with van der Waals surface area (Å²) >= 11 is 6.27. The van der Waals surface area contributed by atoms with Crippen molar-refractivity contribution in [1.29, 1.82) is 0 Å². The average molecular weight is 323 g/mol. The number of hydrogen-bond donors (Lipinski definition) is 2. The van der Waals surface area contributed by atoms with Gasteiger partial charge in [0.2, 0.25) is 5.76 Å². The van der Waals surface area contributed by atoms with E-state index in [9.17, 15) is 4.79 Å². The predicted octanol–water partition coefficient (Wildman–Crippen LogP) is 2.03. The van der Waals surface area contributed by atoms with Crippen molar-refractivity contribution in [3.8, 4) is 0 Å². The number of furan rings is 1. The highest BCUT2D eigenvalue weighted by atomic mass is 35.5. The number of carbonyl (C=O) groups excluding carboxylic acids is 1. The predicted molar refractivity (Wildman–Crippen MR) is 83.1 cm³/mol. The van der Waals surface area contributed by atoms with Crippen LogP contribution in [0.25, 0.3) is 16.7 Å². The van der Waals surface area contributed by atoms with Gasteiger partial charge in [0, 0.05) is 31.4 Å². The Labute approximate surface area is 131 Å². The molecule has 0 saturated heterocycles. The van der Waals surface area contributed by atoms with Gasteiger partial charge in [0.25, 0.3) is 0 Å². The molecule has 0 spiro atoms. The summed E-state index contributed by atoms with van der Waals surface area (Å²) in [7, 11) is 1.88. The fraction of sp³-hybridized carbons (Fsp3) is 0.286. The molecule has 3 N–H and O–H groups in total. The molecule has 7 nitrogen and oxygen atoms in total. The fourth-order valence-electron chi connectivity index (χ4n) is 2.27. The number of esters is 1. The Balaban J connectivity index is 2.11. The van der Waals surface area contributed by atoms with Crippen molar-refractivity contribution in [2.45, 2.75) is 6.92 Å². The number of anilines is 1. The third-order valence-corrected chi connectivity index (χ3v) is 3.57. The lowest BCUT2D eigenvalue weighted by Gasteiger charge is -2.04. The number of pyridine rings is 1. The first kappa shape index (κ1) is 14.7. The zero-order chi connectivity index (χ0) is 15.9. The van der Waals surface area contributed by atoms with Crippen LogP contribution in [0.15, 0.2) is 16.7 Å². The van der Waals surface area contributed by atoms with Gasteiger partial charge in [-0.05, 0) is 6.92 Å². The molecule has 0 radical (unpaired) electrons. The number of carbonyl (C=O) groups is 1. The molecule has 0 unspecified atom stereocenters. The van der Waals surface area contributed by atoms with Gasteiger partial charge in [0.05, 0.1) is 17.3 Å². The maximum atomic E-state index is 11.8. The van der Waals surface area contributed by atoms with E-state index in [4.69, 9.17) is 26.5 Å². The van der Waals surface area contributed by atoms with Crippen LogP contribution < -0.4 is 11.2 Å². The Morgan fingerprint density at radius 3 is 3.05 bits per heavy atom. The number of hydrogen-bond acceptors (Lipinski definition) is 7. The molecule has 1 aliphatic heterocycles. The second-order valence-corrected chi connectivity index (χ2v) is 5.24. The highest BCUT2D eigenvalue weighted by Crippen LogP contribution is 2.33. The lowest BCUT2D eigenvalue weighted by atomic mass is 10.2. The Hall–Kier alpha value is -2.25. The first-order chi connectivity index (χ1) is 10.5. The number of hydrazine groups is 1. The van der Waals surface area contributed by atoms with Gasteiger partial charge in [0.1, 0.15) is 11.2 Å². The monoisotopic (exact) mass is 322 g/mol. The minimum Gasteiger partial charge on any atom is -0.460 e. The van der Waals surface area contributed by atoms with Crippen LogP contribution in [0.3, 0.4) is 0 Å². The minimum atomic E-state index is -0.614. The Bertz CT molecular complexity index is 784. The number of fused-ring (bicyclic) bond motifs is 1. The molecular formula is C14H15ClN4O3. The largest absolute Gasteiger partial charge is 0.460 e. The number of halogens is 1. The molecular weight excluding hydrogens is 308 g/mol. The van der Waals surface area contributed by atoms with E-state index in [-0.39, 0.29) is 18.1 Å². The summed E-state index contributed by atoms with van der Waals surface area (Å²) in [5.41, 5.74) is 11.5. The third-order valence-electron chi connectivity index (χ3n) is 3.29. The molecule has 22 heavy (non-hydrogen) atoms. The Morgan fingerprint density at radius 1 is 1.64 bits per heavy atom. The number of rotatable bonds is 3. The molecule has 0 aromatic carbocycles. The fourth-order valence-corrected chi connectivity index (χ4v) is 2.53. The van der Waals surface area contributed by atoms with Gasteiger partial charge < -0.3 is 19.9 Å². The molecule has 0 saturated carbocycles. The Morgan fingerprint density at radius 2 is 2.41 bits per heavy atom. The van der Waals surface area contributed by atoms with Crippen molar-refractivity contribution in [1.82, 2.24) is 15.4 Å². The van der Waals surface area contributed by atoms with Crippen molar-refractivity contribution in [2.75, 3.05) is 25.9 Å². The summed E-state index contributed by atoms with van der Waals surface area (Å²) < 4.78 is 10.4. The summed E-state index contributed by atoms with van der Waals surface area (Å²) in [4.78, 5) is 16.3. The number of nitrogens with one attached hydrogen (secondary N) is 1. The zero-order valence-electron chi connectivity index (χ0n) is 12.1. The second-order valence-electron chi connectivity index (χ2n) is 4.83. The number of ether oxygens (including phenoxy) is 1. The number of nitrogens with two attached hydrogens (primary N) is 1. The van der Waals surface area contributed by atoms with Crippen molar-refractivity contribution in [2.24, 2.45) is 0 Å². The molecule has 8 heteroatoms. The van der Waals surface area contributed by atoms with Crippen LogP contribution in [0.5, 0.6) is 0 Å². The van der Waals surface area contributed by atoms with Gasteiger partial charge in [-0.15, -0.1) is 0 Å². The minimum absolute atomic E-state index is 0.0480. The molecule has 3 heterocycles. The van der Waals surface area contributed by atoms with Gasteiger partial charge >= 0.3 is 5.97 Å². The van der Waals surface area contributed by atoms with Crippen molar-refractivity contribution >= 4 is 39.9 Å². The van der Waals surface area contributed by atoms with Crippen LogP contribution in [-0.2, 0) is 4.74 Å². The topological polar surface area (TPSA) is 93.6 Å². The second kappa shape index (κ2) is 5.51. The Kier molecular flexibility index (Phi) is 3.67. The lowest BCUT2D eigenvalue weighted by molar-refractivity contribution is 0.0494. The molecule has 0 bridgehead atoms. The highest BCUT2D eigenvalue weighted by molar-refractivity contribution is 6.32. The van der Waals surface area contributed by atoms with Crippen molar-refractivity contribution < 1.29 is 13.9 Å². The van der Waals surface area contributed by atoms with Crippen LogP contribution in [0.4, 0.5) is 5.69 Å². The van der Waals surface area contributed by atoms with Gasteiger partial charge in [-0.25, -0.2) is 15.2 Å². The normalized spacial score (nSPS) is 14.5. The SMILES string of the molecule is CCOC(=O)c1oc2cc(Cl)c(C3=CN(C)NC3)nc2c1N. The molecule has 3 rings (SSSR count). The number of aromatic nitrogens is 1. The van der Waals surface area contributed by atoms with E-state index in [2.05, 4.69) is 10.4 Å². The van der Waals surface area contributed by atoms with Gasteiger partial charge in [0.15, 0.2) is 5.58 Å². The summed E-state index contributed by atoms with van der Waals surface area (Å²) in [5.74, 6) is -0.662. The highest BCUT2D eigenvalue weighted by Gasteiger charge is 2.23. The van der Waals surface area contributed by atoms with Gasteiger partial charge in [-0.2, -0.15) is 0 Å². The maximum Gasteiger partial charge on any atom is 0.376 e. The van der Waals surface area contributed by atoms with Gasteiger partial charge in [-0.3, -0.25) is 0 Å². The average Bonchev–Trinajstić information content (AvgIpc) is 3.03. The van der Waals surface area contributed by atoms with E-state index < -0.39 is 5.97 Å². The van der Waals surface area contributed by atoms with E-state index in [1.165, 1.54) is 0 Å². The molecule has 1 aliphatic rings. The molecule has 0 fully saturated rings. The molecule has 0 aliphatic carbocycles. The summed E-state index contributed by atoms with van der Waals surface area (Å²) in [6.07, 6.45) is 1.89. The smallest absolute Gasteiger partial charge is 0.376 e. The quantitative estimate of drug-likeness (QED) is 0.835. The third kappa shape index (κ3) is 2.38. The van der Waals surface area contributed by atoms with E-state index >= 15 is 0 Å². The van der Waals surface area contributed by atoms with E-state index in [1.807, 2.05) is 18.3 Å². The van der Waals surface area contributed by atoms with Gasteiger partial charge in [-0.1, -0.05) is 11.6 Å². The number of nitrogens with zero attached hydrogens (tertiary/aromatic N) is 2.